The first-order valence-electron chi connectivity index (χ1n) is 11.2. The molecule has 2 aromatic carbocycles. The van der Waals surface area contributed by atoms with E-state index in [0.29, 0.717) is 17.1 Å². The maximum Gasteiger partial charge on any atom is 0.363 e. The van der Waals surface area contributed by atoms with Gasteiger partial charge >= 0.3 is 5.97 Å². The van der Waals surface area contributed by atoms with Crippen LogP contribution in [0, 0.1) is 6.92 Å². The Balaban J connectivity index is 1.57. The number of hydrogen-bond acceptors (Lipinski definition) is 7. The van der Waals surface area contributed by atoms with Gasteiger partial charge in [-0.3, -0.25) is 0 Å². The first kappa shape index (κ1) is 21.8. The summed E-state index contributed by atoms with van der Waals surface area (Å²) < 4.78 is 18.1. The number of aliphatic imine (C=N–C) groups is 1. The molecule has 0 N–H and O–H groups in total. The summed E-state index contributed by atoms with van der Waals surface area (Å²) in [7, 11) is 3.13. The molecule has 3 heterocycles. The number of cyclic esters (lactones) is 1. The third-order valence-electron chi connectivity index (χ3n) is 6.02. The van der Waals surface area contributed by atoms with E-state index >= 15 is 0 Å². The first-order chi connectivity index (χ1) is 16.6. The molecule has 0 amide bonds. The van der Waals surface area contributed by atoms with Crippen molar-refractivity contribution in [1.29, 1.82) is 0 Å². The minimum absolute atomic E-state index is 0.230. The van der Waals surface area contributed by atoms with Crippen LogP contribution in [0.5, 0.6) is 11.5 Å². The normalized spacial score (nSPS) is 16.7. The smallest absolute Gasteiger partial charge is 0.363 e. The van der Waals surface area contributed by atoms with Gasteiger partial charge in [0.1, 0.15) is 5.82 Å². The third kappa shape index (κ3) is 3.91. The zero-order valence-corrected chi connectivity index (χ0v) is 19.4. The summed E-state index contributed by atoms with van der Waals surface area (Å²) >= 11 is 0. The topological polar surface area (TPSA) is 78.2 Å². The van der Waals surface area contributed by atoms with Gasteiger partial charge in [-0.2, -0.15) is 5.10 Å². The fraction of sp³-hybridized carbons (Fsp3) is 0.269. The molecule has 0 saturated carbocycles. The van der Waals surface area contributed by atoms with E-state index in [1.165, 1.54) is 0 Å². The highest BCUT2D eigenvalue weighted by atomic mass is 16.6. The number of esters is 1. The Morgan fingerprint density at radius 2 is 1.74 bits per heavy atom. The third-order valence-corrected chi connectivity index (χ3v) is 6.02. The molecule has 3 aromatic rings. The van der Waals surface area contributed by atoms with Crippen LogP contribution in [-0.2, 0) is 9.53 Å². The fourth-order valence-corrected chi connectivity index (χ4v) is 4.32. The Morgan fingerprint density at radius 3 is 2.44 bits per heavy atom. The molecule has 0 bridgehead atoms. The van der Waals surface area contributed by atoms with Crippen molar-refractivity contribution in [1.82, 2.24) is 9.78 Å². The number of aromatic nitrogens is 2. The van der Waals surface area contributed by atoms with Crippen LogP contribution in [0.15, 0.2) is 59.2 Å². The highest BCUT2D eigenvalue weighted by Gasteiger charge is 2.28. The van der Waals surface area contributed by atoms with Crippen LogP contribution in [0.4, 0.5) is 5.82 Å². The van der Waals surface area contributed by atoms with Gasteiger partial charge in [0.05, 0.1) is 25.6 Å². The monoisotopic (exact) mass is 458 g/mol. The van der Waals surface area contributed by atoms with E-state index in [9.17, 15) is 4.79 Å². The summed E-state index contributed by atoms with van der Waals surface area (Å²) in [5.74, 6) is 1.83. The quantitative estimate of drug-likeness (QED) is 0.408. The Hall–Kier alpha value is -4.07. The zero-order valence-electron chi connectivity index (χ0n) is 19.4. The van der Waals surface area contributed by atoms with Crippen molar-refractivity contribution in [2.75, 3.05) is 32.2 Å². The van der Waals surface area contributed by atoms with E-state index < -0.39 is 5.97 Å². The lowest BCUT2D eigenvalue weighted by Crippen LogP contribution is -2.22. The maximum absolute atomic E-state index is 12.8. The number of para-hydroxylation sites is 1. The van der Waals surface area contributed by atoms with E-state index in [2.05, 4.69) is 9.89 Å². The van der Waals surface area contributed by atoms with Gasteiger partial charge in [0, 0.05) is 24.2 Å². The molecule has 1 fully saturated rings. The van der Waals surface area contributed by atoms with Gasteiger partial charge in [-0.1, -0.05) is 18.2 Å². The van der Waals surface area contributed by atoms with Crippen LogP contribution >= 0.6 is 0 Å². The van der Waals surface area contributed by atoms with Gasteiger partial charge in [0.2, 0.25) is 5.90 Å². The molecular weight excluding hydrogens is 432 g/mol. The molecule has 0 unspecified atom stereocenters. The standard InChI is InChI=1S/C26H26N4O4/c1-17-20(25(29-13-7-8-14-29)30(28-17)19-9-5-4-6-10-19)16-21-26(31)34-24(27-21)18-11-12-22(32-2)23(15-18)33-3/h4-6,9-12,15-16H,7-8,13-14H2,1-3H3/b21-16+. The molecule has 2 aliphatic rings. The van der Waals surface area contributed by atoms with Gasteiger partial charge < -0.3 is 19.1 Å². The first-order valence-corrected chi connectivity index (χ1v) is 11.2. The van der Waals surface area contributed by atoms with Gasteiger partial charge in [0.25, 0.3) is 0 Å². The zero-order chi connectivity index (χ0) is 23.7. The van der Waals surface area contributed by atoms with Crippen molar-refractivity contribution in [2.24, 2.45) is 4.99 Å². The Labute approximate surface area is 198 Å². The van der Waals surface area contributed by atoms with Crippen molar-refractivity contribution in [2.45, 2.75) is 19.8 Å². The fourth-order valence-electron chi connectivity index (χ4n) is 4.32. The summed E-state index contributed by atoms with van der Waals surface area (Å²) in [6.45, 7) is 3.84. The Bertz CT molecular complexity index is 1290. The molecule has 0 radical (unpaired) electrons. The molecule has 0 atom stereocenters. The van der Waals surface area contributed by atoms with Crippen molar-refractivity contribution in [3.05, 3.63) is 71.0 Å². The molecule has 34 heavy (non-hydrogen) atoms. The second-order valence-electron chi connectivity index (χ2n) is 8.17. The number of ether oxygens (including phenoxy) is 3. The van der Waals surface area contributed by atoms with Crippen LogP contribution in [0.1, 0.15) is 29.7 Å². The van der Waals surface area contributed by atoms with E-state index in [1.807, 2.05) is 41.9 Å². The van der Waals surface area contributed by atoms with Gasteiger partial charge in [-0.15, -0.1) is 0 Å². The van der Waals surface area contributed by atoms with Crippen molar-refractivity contribution in [3.8, 4) is 17.2 Å². The molecule has 0 spiro atoms. The average Bonchev–Trinajstić information content (AvgIpc) is 3.59. The van der Waals surface area contributed by atoms with Crippen LogP contribution in [-0.4, -0.2) is 49.0 Å². The number of rotatable bonds is 6. The minimum Gasteiger partial charge on any atom is -0.493 e. The van der Waals surface area contributed by atoms with Crippen molar-refractivity contribution < 1.29 is 19.0 Å². The number of hydrogen-bond donors (Lipinski definition) is 0. The summed E-state index contributed by atoms with van der Waals surface area (Å²) in [6, 6.07) is 15.3. The molecule has 2 aliphatic heterocycles. The van der Waals surface area contributed by atoms with Crippen LogP contribution in [0.25, 0.3) is 11.8 Å². The summed E-state index contributed by atoms with van der Waals surface area (Å²) in [4.78, 5) is 19.6. The molecule has 174 valence electrons. The lowest BCUT2D eigenvalue weighted by molar-refractivity contribution is -0.129. The van der Waals surface area contributed by atoms with Crippen molar-refractivity contribution >= 4 is 23.8 Å². The Morgan fingerprint density at radius 1 is 1.00 bits per heavy atom. The van der Waals surface area contributed by atoms with Crippen LogP contribution in [0.3, 0.4) is 0 Å². The molecule has 5 rings (SSSR count). The van der Waals surface area contributed by atoms with Gasteiger partial charge in [0.15, 0.2) is 17.2 Å². The molecular formula is C26H26N4O4. The number of benzene rings is 2. The molecule has 8 heteroatoms. The number of aryl methyl sites for hydroxylation is 1. The minimum atomic E-state index is -0.496. The van der Waals surface area contributed by atoms with E-state index in [-0.39, 0.29) is 11.6 Å². The van der Waals surface area contributed by atoms with E-state index in [4.69, 9.17) is 19.3 Å². The SMILES string of the molecule is COc1ccc(C2=N/C(=C/c3c(C)nn(-c4ccccc4)c3N3CCCC3)C(=O)O2)cc1OC. The lowest BCUT2D eigenvalue weighted by Gasteiger charge is -2.20. The summed E-state index contributed by atoms with van der Waals surface area (Å²) in [6.07, 6.45) is 4.03. The number of methoxy groups -OCH3 is 2. The van der Waals surface area contributed by atoms with Crippen molar-refractivity contribution in [3.63, 3.8) is 0 Å². The Kier molecular flexibility index (Phi) is 5.79. The number of carbonyl (C=O) groups excluding carboxylic acids is 1. The summed E-state index contributed by atoms with van der Waals surface area (Å²) in [5, 5.41) is 4.81. The number of anilines is 1. The maximum atomic E-state index is 12.8. The van der Waals surface area contributed by atoms with Crippen LogP contribution in [0.2, 0.25) is 0 Å². The van der Waals surface area contributed by atoms with Crippen LogP contribution < -0.4 is 14.4 Å². The van der Waals surface area contributed by atoms with E-state index in [1.54, 1.807) is 38.5 Å². The van der Waals surface area contributed by atoms with Gasteiger partial charge in [-0.05, 0) is 56.2 Å². The number of nitrogens with zero attached hydrogens (tertiary/aromatic N) is 4. The molecule has 0 aliphatic carbocycles. The predicted molar refractivity (Wildman–Crippen MR) is 130 cm³/mol. The lowest BCUT2D eigenvalue weighted by atomic mass is 10.2. The second kappa shape index (κ2) is 9.05. The average molecular weight is 459 g/mol. The molecule has 8 nitrogen and oxygen atoms in total. The predicted octanol–water partition coefficient (Wildman–Crippen LogP) is 4.14. The highest BCUT2D eigenvalue weighted by Crippen LogP contribution is 2.34. The molecule has 1 saturated heterocycles. The largest absolute Gasteiger partial charge is 0.493 e. The second-order valence-corrected chi connectivity index (χ2v) is 8.17. The highest BCUT2D eigenvalue weighted by molar-refractivity contribution is 6.13. The van der Waals surface area contributed by atoms with E-state index in [0.717, 1.165) is 48.7 Å². The summed E-state index contributed by atoms with van der Waals surface area (Å²) in [5.41, 5.74) is 3.53. The number of carbonyl (C=O) groups is 1. The molecule has 1 aromatic heterocycles. The van der Waals surface area contributed by atoms with Gasteiger partial charge in [-0.25, -0.2) is 14.5 Å².